The lowest BCUT2D eigenvalue weighted by Crippen LogP contribution is -2.37. The molecule has 0 spiro atoms. The smallest absolute Gasteiger partial charge is 0.229 e. The number of anilines is 1. The van der Waals surface area contributed by atoms with Gasteiger partial charge < -0.3 is 4.90 Å². The van der Waals surface area contributed by atoms with Crippen LogP contribution in [0.2, 0.25) is 0 Å². The van der Waals surface area contributed by atoms with Gasteiger partial charge in [-0.2, -0.15) is 0 Å². The molecule has 5 nitrogen and oxygen atoms in total. The highest BCUT2D eigenvalue weighted by molar-refractivity contribution is 7.11. The summed E-state index contributed by atoms with van der Waals surface area (Å²) in [5.74, 6) is 0.192. The molecule has 114 valence electrons. The molecule has 0 unspecified atom stereocenters. The average Bonchev–Trinajstić information content (AvgIpc) is 3.17. The molecule has 0 aliphatic carbocycles. The van der Waals surface area contributed by atoms with Crippen LogP contribution in [0.25, 0.3) is 0 Å². The highest BCUT2D eigenvalue weighted by Gasteiger charge is 2.47. The van der Waals surface area contributed by atoms with Crippen LogP contribution in [0, 0.1) is 6.92 Å². The van der Waals surface area contributed by atoms with E-state index in [1.807, 2.05) is 16.2 Å². The highest BCUT2D eigenvalue weighted by Crippen LogP contribution is 2.36. The molecule has 2 atom stereocenters. The van der Waals surface area contributed by atoms with E-state index < -0.39 is 0 Å². The van der Waals surface area contributed by atoms with Crippen LogP contribution >= 0.6 is 11.3 Å². The zero-order chi connectivity index (χ0) is 15.1. The first-order valence-electron chi connectivity index (χ1n) is 7.59. The molecule has 4 heterocycles. The van der Waals surface area contributed by atoms with Gasteiger partial charge in [0.05, 0.1) is 24.1 Å². The maximum absolute atomic E-state index is 12.4. The SMILES string of the molecule is Cc1ccc(CN2CC[C@H]3[C@H]2CC(=O)N3c2cncnc2)s1. The van der Waals surface area contributed by atoms with Gasteiger partial charge in [-0.15, -0.1) is 11.3 Å². The number of nitrogens with zero attached hydrogens (tertiary/aromatic N) is 4. The summed E-state index contributed by atoms with van der Waals surface area (Å²) in [5.41, 5.74) is 0.828. The molecule has 0 N–H and O–H groups in total. The summed E-state index contributed by atoms with van der Waals surface area (Å²) in [6.07, 6.45) is 6.60. The van der Waals surface area contributed by atoms with E-state index in [2.05, 4.69) is 33.9 Å². The van der Waals surface area contributed by atoms with Crippen LogP contribution < -0.4 is 4.90 Å². The summed E-state index contributed by atoms with van der Waals surface area (Å²) in [7, 11) is 0. The average molecular weight is 314 g/mol. The molecule has 0 bridgehead atoms. The van der Waals surface area contributed by atoms with Crippen molar-refractivity contribution in [1.29, 1.82) is 0 Å². The minimum absolute atomic E-state index is 0.192. The second-order valence-corrected chi connectivity index (χ2v) is 7.34. The van der Waals surface area contributed by atoms with E-state index in [4.69, 9.17) is 0 Å². The third-order valence-electron chi connectivity index (χ3n) is 4.59. The first kappa shape index (κ1) is 13.8. The quantitative estimate of drug-likeness (QED) is 0.872. The molecule has 0 radical (unpaired) electrons. The Kier molecular flexibility index (Phi) is 3.43. The number of rotatable bonds is 3. The maximum atomic E-state index is 12.4. The summed E-state index contributed by atoms with van der Waals surface area (Å²) in [5, 5.41) is 0. The van der Waals surface area contributed by atoms with Crippen LogP contribution in [0.5, 0.6) is 0 Å². The summed E-state index contributed by atoms with van der Waals surface area (Å²) in [6, 6.07) is 4.95. The zero-order valence-electron chi connectivity index (χ0n) is 12.5. The van der Waals surface area contributed by atoms with E-state index in [0.29, 0.717) is 12.5 Å². The molecule has 4 rings (SSSR count). The lowest BCUT2D eigenvalue weighted by atomic mass is 10.1. The van der Waals surface area contributed by atoms with Crippen molar-refractivity contribution in [3.8, 4) is 0 Å². The molecule has 6 heteroatoms. The summed E-state index contributed by atoms with van der Waals surface area (Å²) in [4.78, 5) is 27.6. The molecule has 2 aliphatic heterocycles. The number of hydrogen-bond donors (Lipinski definition) is 0. The molecule has 22 heavy (non-hydrogen) atoms. The number of aryl methyl sites for hydroxylation is 1. The van der Waals surface area contributed by atoms with Crippen molar-refractivity contribution in [1.82, 2.24) is 14.9 Å². The fourth-order valence-electron chi connectivity index (χ4n) is 3.65. The van der Waals surface area contributed by atoms with Crippen LogP contribution in [-0.4, -0.2) is 39.4 Å². The number of thiophene rings is 1. The Morgan fingerprint density at radius 3 is 2.82 bits per heavy atom. The van der Waals surface area contributed by atoms with Crippen LogP contribution in [0.4, 0.5) is 5.69 Å². The van der Waals surface area contributed by atoms with Gasteiger partial charge in [0.15, 0.2) is 0 Å². The van der Waals surface area contributed by atoms with E-state index in [1.54, 1.807) is 12.4 Å². The van der Waals surface area contributed by atoms with E-state index >= 15 is 0 Å². The predicted octanol–water partition coefficient (Wildman–Crippen LogP) is 2.23. The fraction of sp³-hybridized carbons (Fsp3) is 0.438. The van der Waals surface area contributed by atoms with Crippen molar-refractivity contribution in [3.63, 3.8) is 0 Å². The molecule has 0 saturated carbocycles. The fourth-order valence-corrected chi connectivity index (χ4v) is 4.56. The maximum Gasteiger partial charge on any atom is 0.229 e. The Morgan fingerprint density at radius 1 is 1.27 bits per heavy atom. The molecule has 1 amide bonds. The number of likely N-dealkylation sites (tertiary alicyclic amines) is 1. The molecular formula is C16H18N4OS. The Balaban J connectivity index is 1.54. The van der Waals surface area contributed by atoms with E-state index in [1.165, 1.54) is 16.1 Å². The lowest BCUT2D eigenvalue weighted by Gasteiger charge is -2.24. The van der Waals surface area contributed by atoms with E-state index in [-0.39, 0.29) is 11.9 Å². The van der Waals surface area contributed by atoms with Gasteiger partial charge in [0.1, 0.15) is 6.33 Å². The normalized spacial score (nSPS) is 25.0. The summed E-state index contributed by atoms with van der Waals surface area (Å²) < 4.78 is 0. The Bertz CT molecular complexity index is 686. The van der Waals surface area contributed by atoms with Gasteiger partial charge in [0.2, 0.25) is 5.91 Å². The largest absolute Gasteiger partial charge is 0.305 e. The van der Waals surface area contributed by atoms with Crippen molar-refractivity contribution in [2.24, 2.45) is 0 Å². The van der Waals surface area contributed by atoms with Crippen molar-refractivity contribution in [2.45, 2.75) is 38.4 Å². The van der Waals surface area contributed by atoms with Crippen molar-refractivity contribution < 1.29 is 4.79 Å². The molecular weight excluding hydrogens is 296 g/mol. The van der Waals surface area contributed by atoms with Crippen molar-refractivity contribution in [2.75, 3.05) is 11.4 Å². The predicted molar refractivity (Wildman–Crippen MR) is 85.8 cm³/mol. The number of hydrogen-bond acceptors (Lipinski definition) is 5. The van der Waals surface area contributed by atoms with Crippen molar-refractivity contribution >= 4 is 22.9 Å². The van der Waals surface area contributed by atoms with Gasteiger partial charge >= 0.3 is 0 Å². The van der Waals surface area contributed by atoms with Crippen LogP contribution in [0.1, 0.15) is 22.6 Å². The van der Waals surface area contributed by atoms with Gasteiger partial charge in [-0.1, -0.05) is 0 Å². The summed E-state index contributed by atoms with van der Waals surface area (Å²) >= 11 is 1.85. The van der Waals surface area contributed by atoms with E-state index in [0.717, 1.165) is 25.2 Å². The van der Waals surface area contributed by atoms with Crippen molar-refractivity contribution in [3.05, 3.63) is 40.6 Å². The zero-order valence-corrected chi connectivity index (χ0v) is 13.3. The van der Waals surface area contributed by atoms with Crippen LogP contribution in [0.15, 0.2) is 30.9 Å². The number of amides is 1. The molecule has 2 aromatic heterocycles. The molecule has 2 aliphatic rings. The Labute approximate surface area is 133 Å². The minimum Gasteiger partial charge on any atom is -0.305 e. The molecule has 0 aromatic carbocycles. The second kappa shape index (κ2) is 5.44. The number of aromatic nitrogens is 2. The third kappa shape index (κ3) is 2.32. The first-order valence-corrected chi connectivity index (χ1v) is 8.40. The number of carbonyl (C=O) groups is 1. The standard InChI is InChI=1S/C16H18N4OS/c1-11-2-3-13(22-11)9-19-5-4-14-15(19)6-16(21)20(14)12-7-17-10-18-8-12/h2-3,7-8,10,14-15H,4-6,9H2,1H3/t14-,15+/m0/s1. The topological polar surface area (TPSA) is 49.3 Å². The summed E-state index contributed by atoms with van der Waals surface area (Å²) in [6.45, 7) is 4.13. The minimum atomic E-state index is 0.192. The van der Waals surface area contributed by atoms with Crippen LogP contribution in [0.3, 0.4) is 0 Å². The Morgan fingerprint density at radius 2 is 2.09 bits per heavy atom. The lowest BCUT2D eigenvalue weighted by molar-refractivity contribution is -0.117. The van der Waals surface area contributed by atoms with Gasteiger partial charge in [-0.25, -0.2) is 9.97 Å². The third-order valence-corrected chi connectivity index (χ3v) is 5.57. The number of fused-ring (bicyclic) bond motifs is 1. The first-order chi connectivity index (χ1) is 10.7. The number of carbonyl (C=O) groups excluding carboxylic acids is 1. The molecule has 2 fully saturated rings. The monoisotopic (exact) mass is 314 g/mol. The highest BCUT2D eigenvalue weighted by atomic mass is 32.1. The van der Waals surface area contributed by atoms with E-state index in [9.17, 15) is 4.79 Å². The molecule has 2 aromatic rings. The molecule has 2 saturated heterocycles. The second-order valence-electron chi connectivity index (χ2n) is 5.97. The van der Waals surface area contributed by atoms with Gasteiger partial charge in [-0.05, 0) is 25.5 Å². The Hall–Kier alpha value is -1.79. The van der Waals surface area contributed by atoms with Gasteiger partial charge in [-0.3, -0.25) is 9.69 Å². The van der Waals surface area contributed by atoms with Gasteiger partial charge in [0.25, 0.3) is 0 Å². The van der Waals surface area contributed by atoms with Gasteiger partial charge in [0, 0.05) is 35.3 Å². The van der Waals surface area contributed by atoms with Crippen LogP contribution in [-0.2, 0) is 11.3 Å².